The topological polar surface area (TPSA) is 114 Å². The molecule has 1 aliphatic rings. The molecule has 0 radical (unpaired) electrons. The van der Waals surface area contributed by atoms with E-state index in [4.69, 9.17) is 11.5 Å². The second-order valence-electron chi connectivity index (χ2n) is 6.68. The molecule has 1 heterocycles. The van der Waals surface area contributed by atoms with Crippen molar-refractivity contribution in [2.75, 3.05) is 11.1 Å². The highest BCUT2D eigenvalue weighted by molar-refractivity contribution is 6.07. The Kier molecular flexibility index (Phi) is 5.07. The number of primary amides is 1. The molecule has 3 rings (SSSR count). The summed E-state index contributed by atoms with van der Waals surface area (Å²) in [5.41, 5.74) is 13.6. The predicted octanol–water partition coefficient (Wildman–Crippen LogP) is 3.27. The standard InChI is InChI=1S/C19H24N4O2/c20-14-8-6-13(7-9-14)15-11-22-19(17(15)18(21)25)23-16(24)10-5-12-3-1-2-4-12/h6-9,11-12,22H,1-5,10,20H2,(H2,21,25)(H,23,24). The molecular weight excluding hydrogens is 316 g/mol. The number of aromatic amines is 1. The van der Waals surface area contributed by atoms with Gasteiger partial charge in [0.2, 0.25) is 5.91 Å². The quantitative estimate of drug-likeness (QED) is 0.605. The molecule has 2 aromatic rings. The van der Waals surface area contributed by atoms with Crippen LogP contribution in [0, 0.1) is 5.92 Å². The summed E-state index contributed by atoms with van der Waals surface area (Å²) in [5, 5.41) is 2.80. The van der Waals surface area contributed by atoms with Crippen molar-refractivity contribution in [3.8, 4) is 11.1 Å². The van der Waals surface area contributed by atoms with Crippen LogP contribution in [0.3, 0.4) is 0 Å². The van der Waals surface area contributed by atoms with Crippen LogP contribution < -0.4 is 16.8 Å². The number of nitrogen functional groups attached to an aromatic ring is 1. The van der Waals surface area contributed by atoms with Gasteiger partial charge in [0.15, 0.2) is 0 Å². The lowest BCUT2D eigenvalue weighted by Crippen LogP contribution is -2.18. The molecule has 6 N–H and O–H groups in total. The normalized spacial score (nSPS) is 14.6. The van der Waals surface area contributed by atoms with Crippen LogP contribution in [0.25, 0.3) is 11.1 Å². The number of rotatable bonds is 6. The third kappa shape index (κ3) is 4.02. The van der Waals surface area contributed by atoms with Gasteiger partial charge in [-0.25, -0.2) is 0 Å². The molecule has 1 aromatic heterocycles. The average molecular weight is 340 g/mol. The third-order valence-electron chi connectivity index (χ3n) is 4.87. The van der Waals surface area contributed by atoms with Crippen molar-refractivity contribution in [1.82, 2.24) is 4.98 Å². The van der Waals surface area contributed by atoms with Crippen molar-refractivity contribution in [1.29, 1.82) is 0 Å². The Balaban J connectivity index is 1.73. The first-order valence-electron chi connectivity index (χ1n) is 8.71. The minimum Gasteiger partial charge on any atom is -0.399 e. The SMILES string of the molecule is NC(=O)c1c(-c2ccc(N)cc2)c[nH]c1NC(=O)CCC1CCCC1. The van der Waals surface area contributed by atoms with Gasteiger partial charge in [0, 0.05) is 23.9 Å². The van der Waals surface area contributed by atoms with E-state index >= 15 is 0 Å². The molecule has 1 aliphatic carbocycles. The number of amides is 2. The van der Waals surface area contributed by atoms with Crippen LogP contribution in [-0.4, -0.2) is 16.8 Å². The van der Waals surface area contributed by atoms with Crippen LogP contribution in [0.15, 0.2) is 30.5 Å². The van der Waals surface area contributed by atoms with E-state index in [2.05, 4.69) is 10.3 Å². The largest absolute Gasteiger partial charge is 0.399 e. The molecule has 0 aliphatic heterocycles. The van der Waals surface area contributed by atoms with E-state index < -0.39 is 5.91 Å². The molecule has 1 fully saturated rings. The summed E-state index contributed by atoms with van der Waals surface area (Å²) in [4.78, 5) is 27.1. The monoisotopic (exact) mass is 340 g/mol. The molecule has 6 nitrogen and oxygen atoms in total. The summed E-state index contributed by atoms with van der Waals surface area (Å²) < 4.78 is 0. The van der Waals surface area contributed by atoms with E-state index in [0.29, 0.717) is 35.0 Å². The van der Waals surface area contributed by atoms with Crippen LogP contribution in [0.1, 0.15) is 48.9 Å². The fraction of sp³-hybridized carbons (Fsp3) is 0.368. The lowest BCUT2D eigenvalue weighted by molar-refractivity contribution is -0.116. The van der Waals surface area contributed by atoms with E-state index in [1.165, 1.54) is 25.7 Å². The van der Waals surface area contributed by atoms with Gasteiger partial charge in [-0.1, -0.05) is 37.8 Å². The summed E-state index contributed by atoms with van der Waals surface area (Å²) in [6.45, 7) is 0. The highest BCUT2D eigenvalue weighted by Gasteiger charge is 2.20. The second-order valence-corrected chi connectivity index (χ2v) is 6.68. The zero-order valence-electron chi connectivity index (χ0n) is 14.2. The lowest BCUT2D eigenvalue weighted by atomic mass is 10.0. The number of hydrogen-bond donors (Lipinski definition) is 4. The van der Waals surface area contributed by atoms with Gasteiger partial charge >= 0.3 is 0 Å². The Morgan fingerprint density at radius 1 is 1.16 bits per heavy atom. The number of nitrogens with one attached hydrogen (secondary N) is 2. The number of H-pyrrole nitrogens is 1. The van der Waals surface area contributed by atoms with Gasteiger partial charge in [-0.3, -0.25) is 9.59 Å². The molecule has 132 valence electrons. The average Bonchev–Trinajstić information content (AvgIpc) is 3.23. The van der Waals surface area contributed by atoms with E-state index in [1.807, 2.05) is 12.1 Å². The molecule has 0 atom stereocenters. The van der Waals surface area contributed by atoms with E-state index in [9.17, 15) is 9.59 Å². The number of benzene rings is 1. The predicted molar refractivity (Wildman–Crippen MR) is 99.0 cm³/mol. The van der Waals surface area contributed by atoms with Crippen molar-refractivity contribution in [3.05, 3.63) is 36.0 Å². The zero-order chi connectivity index (χ0) is 17.8. The number of aromatic nitrogens is 1. The highest BCUT2D eigenvalue weighted by Crippen LogP contribution is 2.31. The van der Waals surface area contributed by atoms with E-state index in [0.717, 1.165) is 12.0 Å². The van der Waals surface area contributed by atoms with E-state index in [1.54, 1.807) is 18.3 Å². The maximum atomic E-state index is 12.2. The molecule has 2 amide bonds. The molecular formula is C19H24N4O2. The minimum atomic E-state index is -0.584. The number of anilines is 2. The summed E-state index contributed by atoms with van der Waals surface area (Å²) in [7, 11) is 0. The van der Waals surface area contributed by atoms with Gasteiger partial charge in [-0.15, -0.1) is 0 Å². The zero-order valence-corrected chi connectivity index (χ0v) is 14.2. The smallest absolute Gasteiger partial charge is 0.253 e. The molecule has 1 saturated carbocycles. The number of carbonyl (C=O) groups is 2. The van der Waals surface area contributed by atoms with Crippen LogP contribution >= 0.6 is 0 Å². The second kappa shape index (κ2) is 7.42. The molecule has 1 aromatic carbocycles. The summed E-state index contributed by atoms with van der Waals surface area (Å²) >= 11 is 0. The van der Waals surface area contributed by atoms with Crippen molar-refractivity contribution in [3.63, 3.8) is 0 Å². The fourth-order valence-electron chi connectivity index (χ4n) is 3.50. The van der Waals surface area contributed by atoms with Crippen LogP contribution in [0.4, 0.5) is 11.5 Å². The van der Waals surface area contributed by atoms with Crippen molar-refractivity contribution < 1.29 is 9.59 Å². The molecule has 0 spiro atoms. The van der Waals surface area contributed by atoms with E-state index in [-0.39, 0.29) is 5.91 Å². The Morgan fingerprint density at radius 3 is 2.48 bits per heavy atom. The molecule has 0 saturated heterocycles. The Labute approximate surface area is 147 Å². The highest BCUT2D eigenvalue weighted by atomic mass is 16.2. The van der Waals surface area contributed by atoms with Crippen molar-refractivity contribution in [2.24, 2.45) is 11.7 Å². The first kappa shape index (κ1) is 17.1. The number of carbonyl (C=O) groups excluding carboxylic acids is 2. The Hall–Kier alpha value is -2.76. The number of hydrogen-bond acceptors (Lipinski definition) is 3. The molecule has 0 unspecified atom stereocenters. The molecule has 6 heteroatoms. The van der Waals surface area contributed by atoms with Crippen LogP contribution in [0.2, 0.25) is 0 Å². The van der Waals surface area contributed by atoms with Gasteiger partial charge < -0.3 is 21.8 Å². The maximum absolute atomic E-state index is 12.2. The van der Waals surface area contributed by atoms with Gasteiger partial charge in [0.05, 0.1) is 5.56 Å². The van der Waals surface area contributed by atoms with Crippen LogP contribution in [0.5, 0.6) is 0 Å². The Morgan fingerprint density at radius 2 is 1.84 bits per heavy atom. The maximum Gasteiger partial charge on any atom is 0.253 e. The third-order valence-corrected chi connectivity index (χ3v) is 4.87. The van der Waals surface area contributed by atoms with Gasteiger partial charge in [-0.05, 0) is 30.0 Å². The summed E-state index contributed by atoms with van der Waals surface area (Å²) in [6, 6.07) is 7.15. The van der Waals surface area contributed by atoms with Gasteiger partial charge in [0.25, 0.3) is 5.91 Å². The number of nitrogens with two attached hydrogens (primary N) is 2. The Bertz CT molecular complexity index is 758. The van der Waals surface area contributed by atoms with Crippen molar-refractivity contribution >= 4 is 23.3 Å². The van der Waals surface area contributed by atoms with Crippen LogP contribution in [-0.2, 0) is 4.79 Å². The summed E-state index contributed by atoms with van der Waals surface area (Å²) in [5.74, 6) is 0.324. The lowest BCUT2D eigenvalue weighted by Gasteiger charge is -2.09. The fourth-order valence-corrected chi connectivity index (χ4v) is 3.50. The molecule has 25 heavy (non-hydrogen) atoms. The van der Waals surface area contributed by atoms with Gasteiger partial charge in [0.1, 0.15) is 5.82 Å². The minimum absolute atomic E-state index is 0.0971. The molecule has 0 bridgehead atoms. The first-order chi connectivity index (χ1) is 12.0. The van der Waals surface area contributed by atoms with Crippen molar-refractivity contribution in [2.45, 2.75) is 38.5 Å². The first-order valence-corrected chi connectivity index (χ1v) is 8.71. The van der Waals surface area contributed by atoms with Gasteiger partial charge in [-0.2, -0.15) is 0 Å². The summed E-state index contributed by atoms with van der Waals surface area (Å²) in [6.07, 6.45) is 7.98.